The summed E-state index contributed by atoms with van der Waals surface area (Å²) in [6, 6.07) is 11.2. The fourth-order valence-electron chi connectivity index (χ4n) is 2.21. The molecule has 0 radical (unpaired) electrons. The van der Waals surface area contributed by atoms with Crippen LogP contribution in [0.3, 0.4) is 0 Å². The van der Waals surface area contributed by atoms with Crippen molar-refractivity contribution in [3.63, 3.8) is 0 Å². The van der Waals surface area contributed by atoms with Crippen molar-refractivity contribution in [1.82, 2.24) is 0 Å². The van der Waals surface area contributed by atoms with Crippen molar-refractivity contribution in [2.75, 3.05) is 5.32 Å². The molecule has 0 saturated carbocycles. The Labute approximate surface area is 164 Å². The number of hydrogen-bond donors (Lipinski definition) is 1. The second-order valence-corrected chi connectivity index (χ2v) is 7.33. The highest BCUT2D eigenvalue weighted by Gasteiger charge is 2.11. The molecule has 0 unspecified atom stereocenters. The van der Waals surface area contributed by atoms with Crippen LogP contribution in [0.5, 0.6) is 5.75 Å². The van der Waals surface area contributed by atoms with Gasteiger partial charge in [0.2, 0.25) is 0 Å². The molecule has 134 valence electrons. The van der Waals surface area contributed by atoms with Gasteiger partial charge in [0.1, 0.15) is 18.2 Å². The lowest BCUT2D eigenvalue weighted by Gasteiger charge is -2.06. The summed E-state index contributed by atoms with van der Waals surface area (Å²) in [4.78, 5) is 12.8. The smallest absolute Gasteiger partial charge is 0.265 e. The van der Waals surface area contributed by atoms with Gasteiger partial charge in [-0.05, 0) is 60.3 Å². The fourth-order valence-corrected chi connectivity index (χ4v) is 3.30. The number of ether oxygens (including phenoxy) is 1. The third kappa shape index (κ3) is 4.55. The summed E-state index contributed by atoms with van der Waals surface area (Å²) < 4.78 is 18.9. The van der Waals surface area contributed by atoms with Crippen LogP contribution in [0.1, 0.15) is 20.8 Å². The van der Waals surface area contributed by atoms with E-state index in [0.717, 1.165) is 11.1 Å². The van der Waals surface area contributed by atoms with E-state index in [1.54, 1.807) is 18.2 Å². The van der Waals surface area contributed by atoms with Crippen molar-refractivity contribution < 1.29 is 13.9 Å². The summed E-state index contributed by atoms with van der Waals surface area (Å²) in [6.45, 7) is 2.25. The highest BCUT2D eigenvalue weighted by atomic mass is 35.5. The van der Waals surface area contributed by atoms with E-state index in [0.29, 0.717) is 27.9 Å². The van der Waals surface area contributed by atoms with Gasteiger partial charge < -0.3 is 10.1 Å². The Morgan fingerprint density at radius 3 is 2.69 bits per heavy atom. The molecule has 3 rings (SSSR count). The minimum absolute atomic E-state index is 0.0404. The monoisotopic (exact) mass is 409 g/mol. The number of hydrogen-bond acceptors (Lipinski definition) is 3. The predicted octanol–water partition coefficient (Wildman–Crippen LogP) is 6.33. The van der Waals surface area contributed by atoms with Gasteiger partial charge in [0, 0.05) is 16.3 Å². The molecular weight excluding hydrogens is 396 g/mol. The number of rotatable bonds is 5. The minimum atomic E-state index is -0.530. The maximum absolute atomic E-state index is 13.2. The number of carbonyl (C=O) groups excluding carboxylic acids is 1. The fraction of sp³-hybridized carbons (Fsp3) is 0.105. The molecule has 0 spiro atoms. The molecule has 0 atom stereocenters. The van der Waals surface area contributed by atoms with E-state index >= 15 is 0 Å². The highest BCUT2D eigenvalue weighted by Crippen LogP contribution is 2.24. The van der Waals surface area contributed by atoms with E-state index in [-0.39, 0.29) is 10.9 Å². The van der Waals surface area contributed by atoms with Crippen molar-refractivity contribution in [2.24, 2.45) is 0 Å². The molecule has 0 fully saturated rings. The third-order valence-corrected chi connectivity index (χ3v) is 5.28. The number of aryl methyl sites for hydroxylation is 1. The maximum Gasteiger partial charge on any atom is 0.265 e. The molecule has 2 aromatic carbocycles. The van der Waals surface area contributed by atoms with Gasteiger partial charge in [-0.25, -0.2) is 4.39 Å². The average molecular weight is 410 g/mol. The Hall–Kier alpha value is -2.08. The summed E-state index contributed by atoms with van der Waals surface area (Å²) in [7, 11) is 0. The summed E-state index contributed by atoms with van der Waals surface area (Å²) in [5.41, 5.74) is 2.25. The first-order chi connectivity index (χ1) is 12.4. The Kier molecular flexibility index (Phi) is 5.81. The van der Waals surface area contributed by atoms with Gasteiger partial charge in [0.05, 0.1) is 9.90 Å². The van der Waals surface area contributed by atoms with Crippen LogP contribution in [0.15, 0.2) is 47.8 Å². The van der Waals surface area contributed by atoms with Crippen molar-refractivity contribution in [2.45, 2.75) is 13.5 Å². The van der Waals surface area contributed by atoms with Crippen LogP contribution < -0.4 is 10.1 Å². The maximum atomic E-state index is 13.2. The summed E-state index contributed by atoms with van der Waals surface area (Å²) in [5.74, 6) is -0.103. The number of anilines is 1. The molecule has 0 aliphatic carbocycles. The molecular formula is C19H14Cl2FNO2S. The number of halogens is 3. The molecule has 1 amide bonds. The Morgan fingerprint density at radius 1 is 1.15 bits per heavy atom. The first kappa shape index (κ1) is 18.7. The van der Waals surface area contributed by atoms with E-state index in [2.05, 4.69) is 5.32 Å². The zero-order chi connectivity index (χ0) is 18.7. The van der Waals surface area contributed by atoms with Gasteiger partial charge in [-0.3, -0.25) is 4.79 Å². The van der Waals surface area contributed by atoms with E-state index in [9.17, 15) is 9.18 Å². The number of benzene rings is 2. The number of nitrogens with one attached hydrogen (secondary N) is 1. The Morgan fingerprint density at radius 2 is 1.96 bits per heavy atom. The van der Waals surface area contributed by atoms with Crippen molar-refractivity contribution >= 4 is 46.1 Å². The largest absolute Gasteiger partial charge is 0.489 e. The number of carbonyl (C=O) groups is 1. The standard InChI is InChI=1S/C19H14Cl2FNO2S/c1-11-6-14(3-4-15(11)20)25-9-12-7-18(26-10-12)19(24)23-13-2-5-17(22)16(21)8-13/h2-8,10H,9H2,1H3,(H,23,24). The first-order valence-electron chi connectivity index (χ1n) is 7.65. The lowest BCUT2D eigenvalue weighted by Crippen LogP contribution is -2.10. The van der Waals surface area contributed by atoms with Crippen LogP contribution in [-0.4, -0.2) is 5.91 Å². The van der Waals surface area contributed by atoms with E-state index < -0.39 is 5.82 Å². The third-order valence-electron chi connectivity index (χ3n) is 3.59. The zero-order valence-electron chi connectivity index (χ0n) is 13.7. The lowest BCUT2D eigenvalue weighted by molar-refractivity contribution is 0.103. The topological polar surface area (TPSA) is 38.3 Å². The van der Waals surface area contributed by atoms with Crippen LogP contribution in [0.2, 0.25) is 10.0 Å². The molecule has 0 aliphatic heterocycles. The van der Waals surface area contributed by atoms with E-state index in [1.807, 2.05) is 18.4 Å². The van der Waals surface area contributed by atoms with E-state index in [1.165, 1.54) is 29.5 Å². The molecule has 26 heavy (non-hydrogen) atoms. The van der Waals surface area contributed by atoms with Gasteiger partial charge >= 0.3 is 0 Å². The van der Waals surface area contributed by atoms with Gasteiger partial charge in [0.25, 0.3) is 5.91 Å². The molecule has 1 N–H and O–H groups in total. The number of amides is 1. The van der Waals surface area contributed by atoms with Crippen LogP contribution in [0.25, 0.3) is 0 Å². The molecule has 3 nitrogen and oxygen atoms in total. The van der Waals surface area contributed by atoms with Crippen molar-refractivity contribution in [3.8, 4) is 5.75 Å². The highest BCUT2D eigenvalue weighted by molar-refractivity contribution is 7.12. The summed E-state index contributed by atoms with van der Waals surface area (Å²) in [6.07, 6.45) is 0. The van der Waals surface area contributed by atoms with E-state index in [4.69, 9.17) is 27.9 Å². The molecule has 1 aromatic heterocycles. The van der Waals surface area contributed by atoms with Gasteiger partial charge in [-0.15, -0.1) is 11.3 Å². The van der Waals surface area contributed by atoms with Crippen LogP contribution in [0, 0.1) is 12.7 Å². The van der Waals surface area contributed by atoms with Crippen LogP contribution in [-0.2, 0) is 6.61 Å². The van der Waals surface area contributed by atoms with Crippen LogP contribution in [0.4, 0.5) is 10.1 Å². The second-order valence-electron chi connectivity index (χ2n) is 5.60. The quantitative estimate of drug-likeness (QED) is 0.534. The van der Waals surface area contributed by atoms with Crippen molar-refractivity contribution in [1.29, 1.82) is 0 Å². The summed E-state index contributed by atoms with van der Waals surface area (Å²) in [5, 5.41) is 5.20. The SMILES string of the molecule is Cc1cc(OCc2csc(C(=O)Nc3ccc(F)c(Cl)c3)c2)ccc1Cl. The van der Waals surface area contributed by atoms with Gasteiger partial charge in [-0.1, -0.05) is 23.2 Å². The van der Waals surface area contributed by atoms with Crippen molar-refractivity contribution in [3.05, 3.63) is 79.7 Å². The average Bonchev–Trinajstić information content (AvgIpc) is 3.08. The predicted molar refractivity (Wildman–Crippen MR) is 104 cm³/mol. The number of thiophene rings is 1. The normalized spacial score (nSPS) is 10.6. The van der Waals surface area contributed by atoms with Crippen LogP contribution >= 0.6 is 34.5 Å². The molecule has 7 heteroatoms. The first-order valence-corrected chi connectivity index (χ1v) is 9.28. The van der Waals surface area contributed by atoms with Gasteiger partial charge in [-0.2, -0.15) is 0 Å². The second kappa shape index (κ2) is 8.08. The molecule has 0 aliphatic rings. The van der Waals surface area contributed by atoms with Gasteiger partial charge in [0.15, 0.2) is 0 Å². The zero-order valence-corrected chi connectivity index (χ0v) is 16.0. The molecule has 0 bridgehead atoms. The molecule has 0 saturated heterocycles. The molecule has 1 heterocycles. The minimum Gasteiger partial charge on any atom is -0.489 e. The Bertz CT molecular complexity index is 958. The Balaban J connectivity index is 1.62. The summed E-state index contributed by atoms with van der Waals surface area (Å²) >= 11 is 13.0. The lowest BCUT2D eigenvalue weighted by atomic mass is 10.2. The molecule has 3 aromatic rings.